The molecule has 2 aliphatic carbocycles. The van der Waals surface area contributed by atoms with E-state index in [1.807, 2.05) is 6.08 Å². The molecule has 28 heavy (non-hydrogen) atoms. The molecule has 1 saturated heterocycles. The lowest BCUT2D eigenvalue weighted by Gasteiger charge is -2.40. The Kier molecular flexibility index (Phi) is 6.72. The number of ether oxygens (including phenoxy) is 2. The van der Waals surface area contributed by atoms with Crippen molar-refractivity contribution in [3.05, 3.63) is 12.2 Å². The molecule has 12 heteroatoms. The van der Waals surface area contributed by atoms with Gasteiger partial charge in [0, 0.05) is 0 Å². The molecule has 1 saturated carbocycles. The van der Waals surface area contributed by atoms with Crippen molar-refractivity contribution in [2.45, 2.75) is 43.5 Å². The Balaban J connectivity index is 1.53. The normalized spacial score (nSPS) is 40.9. The van der Waals surface area contributed by atoms with Crippen LogP contribution in [-0.4, -0.2) is 84.7 Å². The number of hydrogen-bond acceptors (Lipinski definition) is 10. The van der Waals surface area contributed by atoms with Gasteiger partial charge in [0.1, 0.15) is 24.4 Å². The van der Waals surface area contributed by atoms with Gasteiger partial charge in [-0.1, -0.05) is 12.2 Å². The van der Waals surface area contributed by atoms with E-state index in [0.717, 1.165) is 12.8 Å². The predicted octanol–water partition coefficient (Wildman–Crippen LogP) is -2.40. The van der Waals surface area contributed by atoms with E-state index in [2.05, 4.69) is 15.3 Å². The van der Waals surface area contributed by atoms with Gasteiger partial charge in [-0.05, 0) is 36.5 Å². The third-order valence-electron chi connectivity index (χ3n) is 5.29. The van der Waals surface area contributed by atoms with Crippen molar-refractivity contribution in [2.75, 3.05) is 19.8 Å². The molecule has 2 bridgehead atoms. The largest absolute Gasteiger partial charge is 0.862 e. The van der Waals surface area contributed by atoms with Gasteiger partial charge >= 0.3 is 10.4 Å². The fourth-order valence-corrected chi connectivity index (χ4v) is 4.46. The molecule has 3 rings (SSSR count). The van der Waals surface area contributed by atoms with Gasteiger partial charge in [0.2, 0.25) is 0 Å². The number of aliphatic hydroxyl groups is 3. The molecule has 0 aromatic carbocycles. The van der Waals surface area contributed by atoms with Crippen LogP contribution in [0.3, 0.4) is 0 Å². The van der Waals surface area contributed by atoms with E-state index in [1.54, 1.807) is 0 Å². The highest BCUT2D eigenvalue weighted by molar-refractivity contribution is 7.80. The first-order valence-corrected chi connectivity index (χ1v) is 10.4. The monoisotopic (exact) mass is 422 g/mol. The molecule has 0 spiro atoms. The second-order valence-electron chi connectivity index (χ2n) is 7.17. The smallest absolute Gasteiger partial charge is 0.397 e. The van der Waals surface area contributed by atoms with Crippen LogP contribution in [0.1, 0.15) is 12.8 Å². The molecule has 0 radical (unpaired) electrons. The second kappa shape index (κ2) is 8.71. The molecule has 0 aromatic rings. The maximum absolute atomic E-state index is 12.2. The molecule has 2 fully saturated rings. The van der Waals surface area contributed by atoms with E-state index < -0.39 is 47.7 Å². The maximum Gasteiger partial charge on any atom is 0.397 e. The minimum Gasteiger partial charge on any atom is -0.862 e. The van der Waals surface area contributed by atoms with Gasteiger partial charge in [0.05, 0.1) is 19.8 Å². The zero-order valence-electron chi connectivity index (χ0n) is 14.9. The van der Waals surface area contributed by atoms with Crippen LogP contribution >= 0.6 is 0 Å². The summed E-state index contributed by atoms with van der Waals surface area (Å²) < 4.78 is 45.4. The average molecular weight is 422 g/mol. The van der Waals surface area contributed by atoms with Gasteiger partial charge < -0.3 is 34.9 Å². The molecule has 0 aromatic heterocycles. The van der Waals surface area contributed by atoms with Crippen LogP contribution in [0.25, 0.3) is 0 Å². The first-order valence-electron chi connectivity index (χ1n) is 8.99. The number of aliphatic imine (C=N–C) groups is 1. The molecule has 1 aliphatic heterocycles. The summed E-state index contributed by atoms with van der Waals surface area (Å²) in [5, 5.41) is 41.5. The molecule has 1 heterocycles. The number of rotatable bonds is 8. The van der Waals surface area contributed by atoms with Crippen molar-refractivity contribution in [1.82, 2.24) is 0 Å². The van der Waals surface area contributed by atoms with Crippen molar-refractivity contribution < 1.29 is 47.1 Å². The van der Waals surface area contributed by atoms with Gasteiger partial charge in [0.25, 0.3) is 0 Å². The Labute approximate surface area is 162 Å². The lowest BCUT2D eigenvalue weighted by atomic mass is 9.93. The summed E-state index contributed by atoms with van der Waals surface area (Å²) in [4.78, 5) is 3.97. The number of nitrogens with zero attached hydrogens (tertiary/aromatic N) is 1. The number of hydrogen-bond donors (Lipinski definition) is 4. The zero-order chi connectivity index (χ0) is 20.5. The van der Waals surface area contributed by atoms with Crippen LogP contribution in [0, 0.1) is 17.8 Å². The summed E-state index contributed by atoms with van der Waals surface area (Å²) in [5.41, 5.74) is 0. The summed E-state index contributed by atoms with van der Waals surface area (Å²) in [6.07, 6.45) is -2.12. The van der Waals surface area contributed by atoms with Gasteiger partial charge in [-0.25, -0.2) is 4.18 Å². The molecule has 11 nitrogen and oxygen atoms in total. The van der Waals surface area contributed by atoms with E-state index >= 15 is 0 Å². The van der Waals surface area contributed by atoms with E-state index in [-0.39, 0.29) is 30.9 Å². The summed E-state index contributed by atoms with van der Waals surface area (Å²) >= 11 is 0. The van der Waals surface area contributed by atoms with E-state index in [9.17, 15) is 28.8 Å². The van der Waals surface area contributed by atoms with E-state index in [4.69, 9.17) is 14.0 Å². The van der Waals surface area contributed by atoms with Crippen molar-refractivity contribution in [3.63, 3.8) is 0 Å². The summed E-state index contributed by atoms with van der Waals surface area (Å²) in [5.74, 6) is 0.350. The Hall–Kier alpha value is -1.12. The number of fused-ring (bicyclic) bond motifs is 2. The van der Waals surface area contributed by atoms with Gasteiger partial charge in [-0.15, -0.1) is 0 Å². The molecule has 0 amide bonds. The minimum absolute atomic E-state index is 0.000812. The Morgan fingerprint density at radius 3 is 2.57 bits per heavy atom. The predicted molar refractivity (Wildman–Crippen MR) is 91.3 cm³/mol. The number of aliphatic hydroxyl groups excluding tert-OH is 3. The van der Waals surface area contributed by atoms with Crippen LogP contribution in [0.5, 0.6) is 0 Å². The molecule has 8 atom stereocenters. The Morgan fingerprint density at radius 1 is 1.25 bits per heavy atom. The van der Waals surface area contributed by atoms with Crippen LogP contribution in [0.2, 0.25) is 0 Å². The lowest BCUT2D eigenvalue weighted by Crippen LogP contribution is -2.60. The lowest BCUT2D eigenvalue weighted by molar-refractivity contribution is -0.296. The Bertz CT molecular complexity index is 710. The average Bonchev–Trinajstić information content (AvgIpc) is 3.26. The highest BCUT2D eigenvalue weighted by Crippen LogP contribution is 2.43. The molecular formula is C16H24NO10S-. The first kappa shape index (κ1) is 21.6. The van der Waals surface area contributed by atoms with Crippen LogP contribution in [-0.2, 0) is 24.1 Å². The maximum atomic E-state index is 12.2. The fourth-order valence-electron chi connectivity index (χ4n) is 3.95. The highest BCUT2D eigenvalue weighted by atomic mass is 32.3. The van der Waals surface area contributed by atoms with Crippen LogP contribution < -0.4 is 5.11 Å². The molecule has 4 N–H and O–H groups in total. The Morgan fingerprint density at radius 2 is 2.00 bits per heavy atom. The fraction of sp³-hybridized carbons (Fsp3) is 0.812. The molecule has 3 aliphatic rings. The van der Waals surface area contributed by atoms with Crippen LogP contribution in [0.4, 0.5) is 0 Å². The van der Waals surface area contributed by atoms with Gasteiger partial charge in [-0.3, -0.25) is 4.55 Å². The first-order chi connectivity index (χ1) is 13.2. The third-order valence-corrected chi connectivity index (χ3v) is 5.76. The van der Waals surface area contributed by atoms with Gasteiger partial charge in [0.15, 0.2) is 6.29 Å². The summed E-state index contributed by atoms with van der Waals surface area (Å²) in [6, 6.07) is 0. The zero-order valence-corrected chi connectivity index (χ0v) is 15.7. The molecule has 160 valence electrons. The van der Waals surface area contributed by atoms with Crippen molar-refractivity contribution in [3.8, 4) is 0 Å². The SMILES string of the molecule is O=S(=O)(O)O[C@H]1[C@@H](O)[C@@H](CO)O[C@@H](OCCN=C([O-])[C@H]2C[C@@H]3C=C[C@H]2C3)[C@@H]1O. The topological polar surface area (TPSA) is 178 Å². The standard InChI is InChI=1S/C16H25NO10S/c18-7-11-12(19)14(27-28(22,23)24)13(20)16(26-11)25-4-3-17-15(21)10-6-8-1-2-9(10)5-8/h1-2,8-14,16,18-20H,3-7H2,(H,17,21)(H,22,23,24)/p-1/t8-,9+,10+,11-,12+,13-,14+,16-/m1/s1. The second-order valence-corrected chi connectivity index (χ2v) is 8.22. The highest BCUT2D eigenvalue weighted by Gasteiger charge is 2.47. The van der Waals surface area contributed by atoms with Crippen molar-refractivity contribution >= 4 is 16.3 Å². The number of allylic oxidation sites excluding steroid dienone is 2. The molecular weight excluding hydrogens is 398 g/mol. The summed E-state index contributed by atoms with van der Waals surface area (Å²) in [7, 11) is -4.98. The van der Waals surface area contributed by atoms with E-state index in [1.165, 1.54) is 0 Å². The summed E-state index contributed by atoms with van der Waals surface area (Å²) in [6.45, 7) is -0.837. The van der Waals surface area contributed by atoms with Crippen LogP contribution in [0.15, 0.2) is 17.1 Å². The van der Waals surface area contributed by atoms with Crippen molar-refractivity contribution in [1.29, 1.82) is 0 Å². The van der Waals surface area contributed by atoms with Gasteiger partial charge in [-0.2, -0.15) is 8.42 Å². The van der Waals surface area contributed by atoms with Crippen molar-refractivity contribution in [2.24, 2.45) is 22.7 Å². The quantitative estimate of drug-likeness (QED) is 0.108. The third kappa shape index (κ3) is 4.89. The molecule has 0 unspecified atom stereocenters. The van der Waals surface area contributed by atoms with E-state index in [0.29, 0.717) is 5.92 Å². The minimum atomic E-state index is -4.98.